The molecule has 0 atom stereocenters. The molecule has 24 heavy (non-hydrogen) atoms. The fraction of sp³-hybridized carbons (Fsp3) is 0.294. The highest BCUT2D eigenvalue weighted by Gasteiger charge is 2.13. The molecule has 2 aromatic heterocycles. The molecule has 0 radical (unpaired) electrons. The summed E-state index contributed by atoms with van der Waals surface area (Å²) in [5, 5.41) is 3.26. The van der Waals surface area contributed by atoms with E-state index in [1.54, 1.807) is 4.57 Å². The van der Waals surface area contributed by atoms with Crippen LogP contribution >= 0.6 is 0 Å². The van der Waals surface area contributed by atoms with Crippen molar-refractivity contribution in [3.05, 3.63) is 46.4 Å². The molecule has 0 amide bonds. The Balaban J connectivity index is 1.86. The van der Waals surface area contributed by atoms with E-state index in [-0.39, 0.29) is 5.69 Å². The van der Waals surface area contributed by atoms with Gasteiger partial charge in [-0.05, 0) is 30.5 Å². The van der Waals surface area contributed by atoms with Gasteiger partial charge in [-0.1, -0.05) is 12.1 Å². The van der Waals surface area contributed by atoms with Gasteiger partial charge in [-0.25, -0.2) is 9.78 Å². The van der Waals surface area contributed by atoms with Crippen LogP contribution in [-0.2, 0) is 6.54 Å². The van der Waals surface area contributed by atoms with Crippen molar-refractivity contribution in [1.82, 2.24) is 14.5 Å². The third-order valence-corrected chi connectivity index (χ3v) is 4.18. The Morgan fingerprint density at radius 3 is 3.08 bits per heavy atom. The number of nitrogen functional groups attached to an aromatic ring is 1. The number of nitrogens with two attached hydrogens (primary N) is 1. The number of aromatic amines is 1. The van der Waals surface area contributed by atoms with Crippen molar-refractivity contribution in [3.8, 4) is 5.75 Å². The predicted molar refractivity (Wildman–Crippen MR) is 93.5 cm³/mol. The highest BCUT2D eigenvalue weighted by atomic mass is 16.5. The van der Waals surface area contributed by atoms with Gasteiger partial charge in [-0.2, -0.15) is 0 Å². The number of rotatable bonds is 0. The summed E-state index contributed by atoms with van der Waals surface area (Å²) in [6, 6.07) is 9.70. The maximum atomic E-state index is 12.4. The van der Waals surface area contributed by atoms with Crippen molar-refractivity contribution in [1.29, 1.82) is 0 Å². The minimum Gasteiger partial charge on any atom is -0.494 e. The van der Waals surface area contributed by atoms with Gasteiger partial charge in [0.1, 0.15) is 17.1 Å². The summed E-state index contributed by atoms with van der Waals surface area (Å²) in [4.78, 5) is 19.5. The van der Waals surface area contributed by atoms with Crippen LogP contribution in [0.4, 0.5) is 11.6 Å². The van der Waals surface area contributed by atoms with Crippen LogP contribution in [0.5, 0.6) is 5.75 Å². The average molecular weight is 325 g/mol. The van der Waals surface area contributed by atoms with E-state index in [0.717, 1.165) is 36.2 Å². The van der Waals surface area contributed by atoms with Gasteiger partial charge < -0.3 is 20.8 Å². The van der Waals surface area contributed by atoms with Crippen molar-refractivity contribution in [3.63, 3.8) is 0 Å². The first-order valence-electron chi connectivity index (χ1n) is 8.05. The number of fused-ring (bicyclic) bond motifs is 3. The molecule has 0 saturated carbocycles. The number of pyridine rings is 1. The van der Waals surface area contributed by atoms with Crippen molar-refractivity contribution in [2.24, 2.45) is 0 Å². The fourth-order valence-corrected chi connectivity index (χ4v) is 2.97. The standard InChI is InChI=1S/C17H19N5O2/c18-16-15-13-9-14(20-16)19-6-1-2-7-24-12-5-3-4-11(8-12)10-22(13)17(23)21-15/h3-5,8-9H,1-2,6-7,10H2,(H,21,23)(H3,18,19,20). The predicted octanol–water partition coefficient (Wildman–Crippen LogP) is 1.94. The highest BCUT2D eigenvalue weighted by molar-refractivity contribution is 5.87. The van der Waals surface area contributed by atoms with Gasteiger partial charge >= 0.3 is 5.69 Å². The zero-order valence-corrected chi connectivity index (χ0v) is 13.2. The minimum absolute atomic E-state index is 0.200. The zero-order valence-electron chi connectivity index (χ0n) is 13.2. The Morgan fingerprint density at radius 2 is 2.17 bits per heavy atom. The fourth-order valence-electron chi connectivity index (χ4n) is 2.97. The Kier molecular flexibility index (Phi) is 3.60. The number of benzene rings is 1. The Morgan fingerprint density at radius 1 is 1.25 bits per heavy atom. The summed E-state index contributed by atoms with van der Waals surface area (Å²) in [7, 11) is 0. The van der Waals surface area contributed by atoms with Crippen LogP contribution in [-0.4, -0.2) is 27.7 Å². The van der Waals surface area contributed by atoms with Crippen LogP contribution in [0.2, 0.25) is 0 Å². The van der Waals surface area contributed by atoms with E-state index in [1.807, 2.05) is 30.3 Å². The van der Waals surface area contributed by atoms with Crippen molar-refractivity contribution in [2.75, 3.05) is 24.2 Å². The maximum absolute atomic E-state index is 12.4. The summed E-state index contributed by atoms with van der Waals surface area (Å²) in [6.07, 6.45) is 1.91. The first-order chi connectivity index (χ1) is 11.7. The quantitative estimate of drug-likeness (QED) is 0.587. The minimum atomic E-state index is -0.200. The molecule has 124 valence electrons. The van der Waals surface area contributed by atoms with Gasteiger partial charge in [0, 0.05) is 12.6 Å². The largest absolute Gasteiger partial charge is 0.494 e. The lowest BCUT2D eigenvalue weighted by atomic mass is 10.2. The van der Waals surface area contributed by atoms with Crippen LogP contribution in [0, 0.1) is 0 Å². The van der Waals surface area contributed by atoms with E-state index in [2.05, 4.69) is 15.3 Å². The Bertz CT molecular complexity index is 944. The molecular weight excluding hydrogens is 306 g/mol. The molecule has 1 aliphatic heterocycles. The monoisotopic (exact) mass is 325 g/mol. The number of ether oxygens (including phenoxy) is 1. The molecule has 7 nitrogen and oxygen atoms in total. The molecular formula is C17H19N5O2. The molecule has 0 aliphatic carbocycles. The van der Waals surface area contributed by atoms with Gasteiger partial charge in [0.15, 0.2) is 5.82 Å². The molecule has 0 spiro atoms. The third kappa shape index (κ3) is 2.68. The molecule has 0 fully saturated rings. The number of nitrogens with zero attached hydrogens (tertiary/aromatic N) is 2. The Hall–Kier alpha value is -2.96. The topological polar surface area (TPSA) is 98.0 Å². The van der Waals surface area contributed by atoms with Crippen LogP contribution in [0.25, 0.3) is 11.0 Å². The van der Waals surface area contributed by atoms with E-state index >= 15 is 0 Å². The molecule has 1 aromatic carbocycles. The molecule has 1 aliphatic rings. The van der Waals surface area contributed by atoms with Crippen molar-refractivity contribution >= 4 is 22.7 Å². The number of hydrogen-bond donors (Lipinski definition) is 3. The maximum Gasteiger partial charge on any atom is 0.326 e. The first kappa shape index (κ1) is 14.6. The lowest BCUT2D eigenvalue weighted by Gasteiger charge is -2.12. The number of H-pyrrole nitrogens is 1. The molecule has 7 heteroatoms. The summed E-state index contributed by atoms with van der Waals surface area (Å²) in [5.74, 6) is 1.83. The van der Waals surface area contributed by atoms with E-state index in [1.165, 1.54) is 0 Å². The number of nitrogens with one attached hydrogen (secondary N) is 2. The zero-order chi connectivity index (χ0) is 16.5. The summed E-state index contributed by atoms with van der Waals surface area (Å²) < 4.78 is 7.46. The van der Waals surface area contributed by atoms with Crippen LogP contribution in [0.15, 0.2) is 35.1 Å². The van der Waals surface area contributed by atoms with Crippen molar-refractivity contribution in [2.45, 2.75) is 19.4 Å². The molecule has 0 unspecified atom stereocenters. The second-order valence-electron chi connectivity index (χ2n) is 5.93. The van der Waals surface area contributed by atoms with E-state index < -0.39 is 0 Å². The van der Waals surface area contributed by atoms with E-state index in [9.17, 15) is 4.79 Å². The highest BCUT2D eigenvalue weighted by Crippen LogP contribution is 2.22. The smallest absolute Gasteiger partial charge is 0.326 e. The normalized spacial score (nSPS) is 14.8. The van der Waals surface area contributed by atoms with Gasteiger partial charge in [-0.3, -0.25) is 4.57 Å². The summed E-state index contributed by atoms with van der Waals surface area (Å²) in [5.41, 5.74) is 8.14. The van der Waals surface area contributed by atoms with E-state index in [0.29, 0.717) is 30.3 Å². The number of imidazole rings is 1. The molecule has 4 bridgehead atoms. The van der Waals surface area contributed by atoms with Crippen LogP contribution in [0.3, 0.4) is 0 Å². The second kappa shape index (κ2) is 5.92. The molecule has 4 rings (SSSR count). The number of anilines is 2. The van der Waals surface area contributed by atoms with Crippen molar-refractivity contribution < 1.29 is 4.74 Å². The number of hydrogen-bond acceptors (Lipinski definition) is 5. The molecule has 0 saturated heterocycles. The molecule has 3 aromatic rings. The summed E-state index contributed by atoms with van der Waals surface area (Å²) >= 11 is 0. The van der Waals surface area contributed by atoms with Gasteiger partial charge in [0.2, 0.25) is 0 Å². The SMILES string of the molecule is Nc1nc2cc3c1[nH]c(=O)n3Cc1cccc(c1)OCCCCN2. The van der Waals surface area contributed by atoms with Gasteiger partial charge in [0.25, 0.3) is 0 Å². The average Bonchev–Trinajstić information content (AvgIpc) is 2.88. The lowest BCUT2D eigenvalue weighted by molar-refractivity contribution is 0.308. The third-order valence-electron chi connectivity index (χ3n) is 4.18. The van der Waals surface area contributed by atoms with E-state index in [4.69, 9.17) is 10.5 Å². The van der Waals surface area contributed by atoms with Gasteiger partial charge in [0.05, 0.1) is 18.7 Å². The second-order valence-corrected chi connectivity index (χ2v) is 5.93. The Labute approximate surface area is 138 Å². The summed E-state index contributed by atoms with van der Waals surface area (Å²) in [6.45, 7) is 1.88. The molecule has 4 N–H and O–H groups in total. The lowest BCUT2D eigenvalue weighted by Crippen LogP contribution is -2.17. The van der Waals surface area contributed by atoms with Crippen LogP contribution < -0.4 is 21.5 Å². The van der Waals surface area contributed by atoms with Crippen LogP contribution in [0.1, 0.15) is 18.4 Å². The number of aromatic nitrogens is 3. The first-order valence-corrected chi connectivity index (χ1v) is 8.05. The molecule has 3 heterocycles. The van der Waals surface area contributed by atoms with Gasteiger partial charge in [-0.15, -0.1) is 0 Å².